The number of nitrogens with zero attached hydrogens (tertiary/aromatic N) is 1. The van der Waals surface area contributed by atoms with Crippen molar-refractivity contribution < 1.29 is 14.3 Å². The van der Waals surface area contributed by atoms with Crippen molar-refractivity contribution in [2.75, 3.05) is 12.4 Å². The fourth-order valence-electron chi connectivity index (χ4n) is 1.61. The molecule has 1 amide bonds. The predicted octanol–water partition coefficient (Wildman–Crippen LogP) is 4.02. The zero-order chi connectivity index (χ0) is 15.3. The van der Waals surface area contributed by atoms with Gasteiger partial charge in [-0.2, -0.15) is 0 Å². The number of nitrogens with one attached hydrogen (secondary N) is 1. The zero-order valence-corrected chi connectivity index (χ0v) is 12.5. The molecule has 0 fully saturated rings. The topological polar surface area (TPSA) is 51.9 Å². The number of anilines is 1. The van der Waals surface area contributed by atoms with Crippen LogP contribution in [0, 0.1) is 6.57 Å². The van der Waals surface area contributed by atoms with Crippen molar-refractivity contribution in [3.8, 4) is 5.75 Å². The number of hydrogen-bond acceptors (Lipinski definition) is 3. The third-order valence-corrected chi connectivity index (χ3v) is 2.54. The lowest BCUT2D eigenvalue weighted by molar-refractivity contribution is 0.0636. The molecule has 0 heterocycles. The van der Waals surface area contributed by atoms with Crippen LogP contribution in [0.3, 0.4) is 0 Å². The Bertz CT molecular complexity index is 527. The molecule has 0 radical (unpaired) electrons. The van der Waals surface area contributed by atoms with Gasteiger partial charge in [0.05, 0.1) is 18.4 Å². The van der Waals surface area contributed by atoms with Gasteiger partial charge in [-0.1, -0.05) is 0 Å². The highest BCUT2D eigenvalue weighted by atomic mass is 16.6. The van der Waals surface area contributed by atoms with Gasteiger partial charge in [0.2, 0.25) is 6.04 Å². The number of carbonyl (C=O) groups excluding carboxylic acids is 1. The molecular weight excluding hydrogens is 256 g/mol. The molecule has 0 bridgehead atoms. The summed E-state index contributed by atoms with van der Waals surface area (Å²) in [6, 6.07) is 4.80. The number of hydrogen-bond donors (Lipinski definition) is 1. The molecule has 0 saturated heterocycles. The zero-order valence-electron chi connectivity index (χ0n) is 12.5. The average molecular weight is 276 g/mol. The predicted molar refractivity (Wildman–Crippen MR) is 77.9 cm³/mol. The van der Waals surface area contributed by atoms with Crippen molar-refractivity contribution in [1.29, 1.82) is 0 Å². The maximum atomic E-state index is 11.8. The van der Waals surface area contributed by atoms with E-state index in [-0.39, 0.29) is 6.04 Å². The van der Waals surface area contributed by atoms with E-state index in [4.69, 9.17) is 16.0 Å². The fraction of sp³-hybridized carbons (Fsp3) is 0.467. The normalized spacial score (nSPS) is 12.2. The van der Waals surface area contributed by atoms with E-state index >= 15 is 0 Å². The van der Waals surface area contributed by atoms with Crippen LogP contribution in [-0.2, 0) is 4.74 Å². The van der Waals surface area contributed by atoms with E-state index in [1.165, 1.54) is 0 Å². The second-order valence-corrected chi connectivity index (χ2v) is 5.39. The molecular formula is C15H20N2O3. The molecule has 1 N–H and O–H groups in total. The van der Waals surface area contributed by atoms with Gasteiger partial charge in [0.1, 0.15) is 11.4 Å². The molecule has 5 heteroatoms. The Kier molecular flexibility index (Phi) is 4.98. The second-order valence-electron chi connectivity index (χ2n) is 5.39. The van der Waals surface area contributed by atoms with Gasteiger partial charge < -0.3 is 14.3 Å². The van der Waals surface area contributed by atoms with Gasteiger partial charge in [-0.25, -0.2) is 11.4 Å². The summed E-state index contributed by atoms with van der Waals surface area (Å²) in [6.45, 7) is 14.3. The van der Waals surface area contributed by atoms with Crippen LogP contribution in [0.25, 0.3) is 4.85 Å². The maximum absolute atomic E-state index is 11.8. The molecule has 0 aromatic heterocycles. The standard InChI is InChI=1S/C15H20N2O3/c1-10(16-5)12-9-11(19-6)7-8-13(12)17-14(18)20-15(2,3)4/h7-10H,1-4,6H3,(H,17,18). The lowest BCUT2D eigenvalue weighted by Crippen LogP contribution is -2.27. The maximum Gasteiger partial charge on any atom is 0.412 e. The molecule has 5 nitrogen and oxygen atoms in total. The van der Waals surface area contributed by atoms with Crippen LogP contribution < -0.4 is 10.1 Å². The van der Waals surface area contributed by atoms with Crippen LogP contribution in [0.2, 0.25) is 0 Å². The van der Waals surface area contributed by atoms with Gasteiger partial charge in [-0.15, -0.1) is 0 Å². The van der Waals surface area contributed by atoms with Crippen LogP contribution in [-0.4, -0.2) is 18.8 Å². The van der Waals surface area contributed by atoms with E-state index < -0.39 is 11.7 Å². The van der Waals surface area contributed by atoms with Crippen LogP contribution >= 0.6 is 0 Å². The third kappa shape index (κ3) is 4.47. The molecule has 0 aliphatic rings. The summed E-state index contributed by atoms with van der Waals surface area (Å²) in [6.07, 6.45) is -0.541. The van der Waals surface area contributed by atoms with E-state index in [1.54, 1.807) is 53.0 Å². The Balaban J connectivity index is 3.00. The highest BCUT2D eigenvalue weighted by Gasteiger charge is 2.20. The Morgan fingerprint density at radius 1 is 1.40 bits per heavy atom. The molecule has 1 unspecified atom stereocenters. The average Bonchev–Trinajstić information content (AvgIpc) is 2.36. The minimum Gasteiger partial charge on any atom is -0.497 e. The minimum absolute atomic E-state index is 0.380. The smallest absolute Gasteiger partial charge is 0.412 e. The van der Waals surface area contributed by atoms with Gasteiger partial charge in [-0.3, -0.25) is 5.32 Å². The summed E-state index contributed by atoms with van der Waals surface area (Å²) in [4.78, 5) is 15.3. The van der Waals surface area contributed by atoms with Crippen molar-refractivity contribution in [3.63, 3.8) is 0 Å². The molecule has 0 spiro atoms. The first-order valence-electron chi connectivity index (χ1n) is 6.31. The monoisotopic (exact) mass is 276 g/mol. The van der Waals surface area contributed by atoms with Crippen molar-refractivity contribution in [2.45, 2.75) is 39.3 Å². The molecule has 0 aliphatic heterocycles. The largest absolute Gasteiger partial charge is 0.497 e. The molecule has 1 rings (SSSR count). The Morgan fingerprint density at radius 3 is 2.55 bits per heavy atom. The van der Waals surface area contributed by atoms with Crippen LogP contribution in [0.5, 0.6) is 5.75 Å². The second kappa shape index (κ2) is 6.29. The number of methoxy groups -OCH3 is 1. The lowest BCUT2D eigenvalue weighted by atomic mass is 10.1. The number of benzene rings is 1. The van der Waals surface area contributed by atoms with E-state index in [2.05, 4.69) is 10.2 Å². The van der Waals surface area contributed by atoms with Crippen LogP contribution in [0.15, 0.2) is 18.2 Å². The summed E-state index contributed by atoms with van der Waals surface area (Å²) in [5.41, 5.74) is 0.691. The molecule has 1 aromatic carbocycles. The Morgan fingerprint density at radius 2 is 2.05 bits per heavy atom. The lowest BCUT2D eigenvalue weighted by Gasteiger charge is -2.20. The van der Waals surface area contributed by atoms with E-state index in [9.17, 15) is 4.79 Å². The van der Waals surface area contributed by atoms with E-state index in [0.717, 1.165) is 0 Å². The highest BCUT2D eigenvalue weighted by Crippen LogP contribution is 2.30. The summed E-state index contributed by atoms with van der Waals surface area (Å²) >= 11 is 0. The van der Waals surface area contributed by atoms with Gasteiger partial charge >= 0.3 is 6.09 Å². The third-order valence-electron chi connectivity index (χ3n) is 2.54. The summed E-state index contributed by atoms with van der Waals surface area (Å²) in [5.74, 6) is 0.644. The van der Waals surface area contributed by atoms with Crippen molar-refractivity contribution >= 4 is 11.8 Å². The minimum atomic E-state index is -0.567. The quantitative estimate of drug-likeness (QED) is 0.848. The SMILES string of the molecule is [C-]#[N+]C(C)c1cc(OC)ccc1NC(=O)OC(C)(C)C. The Labute approximate surface area is 119 Å². The molecule has 108 valence electrons. The number of carbonyl (C=O) groups is 1. The van der Waals surface area contributed by atoms with Gasteiger partial charge in [0, 0.05) is 6.92 Å². The van der Waals surface area contributed by atoms with Crippen LogP contribution in [0.4, 0.5) is 10.5 Å². The highest BCUT2D eigenvalue weighted by molar-refractivity contribution is 5.86. The summed E-state index contributed by atoms with van der Waals surface area (Å²) in [7, 11) is 1.56. The number of rotatable bonds is 3. The summed E-state index contributed by atoms with van der Waals surface area (Å²) in [5, 5.41) is 2.67. The molecule has 0 aliphatic carbocycles. The Hall–Kier alpha value is -2.22. The molecule has 0 saturated carbocycles. The van der Waals surface area contributed by atoms with Crippen molar-refractivity contribution in [1.82, 2.24) is 0 Å². The first kappa shape index (κ1) is 15.8. The van der Waals surface area contributed by atoms with E-state index in [0.29, 0.717) is 17.0 Å². The van der Waals surface area contributed by atoms with Crippen molar-refractivity contribution in [3.05, 3.63) is 35.2 Å². The first-order valence-corrected chi connectivity index (χ1v) is 6.31. The first-order chi connectivity index (χ1) is 9.26. The van der Waals surface area contributed by atoms with Gasteiger partial charge in [0.25, 0.3) is 0 Å². The van der Waals surface area contributed by atoms with E-state index in [1.807, 2.05) is 0 Å². The summed E-state index contributed by atoms with van der Waals surface area (Å²) < 4.78 is 10.4. The number of amides is 1. The fourth-order valence-corrected chi connectivity index (χ4v) is 1.61. The number of ether oxygens (including phenoxy) is 2. The van der Waals surface area contributed by atoms with Gasteiger partial charge in [0.15, 0.2) is 0 Å². The van der Waals surface area contributed by atoms with Crippen molar-refractivity contribution in [2.24, 2.45) is 0 Å². The molecule has 1 aromatic rings. The van der Waals surface area contributed by atoms with Gasteiger partial charge in [-0.05, 0) is 39.0 Å². The molecule has 20 heavy (non-hydrogen) atoms. The molecule has 1 atom stereocenters. The van der Waals surface area contributed by atoms with Crippen LogP contribution in [0.1, 0.15) is 39.3 Å².